The summed E-state index contributed by atoms with van der Waals surface area (Å²) in [6.45, 7) is 3.34. The molecule has 0 saturated carbocycles. The summed E-state index contributed by atoms with van der Waals surface area (Å²) in [6, 6.07) is 13.2. The number of esters is 2. The molecule has 0 unspecified atom stereocenters. The van der Waals surface area contributed by atoms with Crippen LogP contribution in [0.2, 0.25) is 0 Å². The van der Waals surface area contributed by atoms with E-state index < -0.39 is 24.0 Å². The van der Waals surface area contributed by atoms with Gasteiger partial charge in [0.1, 0.15) is 28.1 Å². The largest absolute Gasteiger partial charge is 0.467 e. The minimum atomic E-state index is -0.884. The first-order valence-electron chi connectivity index (χ1n) is 11.2. The topological polar surface area (TPSA) is 125 Å². The van der Waals surface area contributed by atoms with Crippen LogP contribution in [0.4, 0.5) is 4.79 Å². The fourth-order valence-electron chi connectivity index (χ4n) is 3.95. The standard InChI is InChI=1S/C25H22N4O6S/c1-3-33-24(31)20-17(26-25(32)27-21(20)18-10-7-11-34-18)13-35-23(30)19-12-16-14(2)28-29(22(16)36-19)15-8-5-4-6-9-15/h4-12,21H,3,13H2,1-2H3,(H2,26,27,32)/t21-/m1/s1. The van der Waals surface area contributed by atoms with Gasteiger partial charge in [0, 0.05) is 5.39 Å². The Labute approximate surface area is 209 Å². The molecule has 36 heavy (non-hydrogen) atoms. The van der Waals surface area contributed by atoms with Gasteiger partial charge in [-0.15, -0.1) is 11.3 Å². The number of carbonyl (C=O) groups is 3. The fourth-order valence-corrected chi connectivity index (χ4v) is 5.03. The van der Waals surface area contributed by atoms with Gasteiger partial charge in [0.25, 0.3) is 0 Å². The Hall–Kier alpha value is -4.38. The molecule has 1 aliphatic rings. The molecule has 0 fully saturated rings. The lowest BCUT2D eigenvalue weighted by atomic mass is 10.0. The molecule has 5 rings (SSSR count). The third kappa shape index (κ3) is 4.36. The van der Waals surface area contributed by atoms with E-state index in [2.05, 4.69) is 15.7 Å². The lowest BCUT2D eigenvalue weighted by Crippen LogP contribution is -2.47. The lowest BCUT2D eigenvalue weighted by molar-refractivity contribution is -0.139. The van der Waals surface area contributed by atoms with Crippen molar-refractivity contribution in [2.45, 2.75) is 19.9 Å². The Morgan fingerprint density at radius 3 is 2.67 bits per heavy atom. The zero-order valence-corrected chi connectivity index (χ0v) is 20.3. The highest BCUT2D eigenvalue weighted by Gasteiger charge is 2.36. The molecule has 3 aromatic heterocycles. The van der Waals surface area contributed by atoms with Crippen molar-refractivity contribution in [1.82, 2.24) is 20.4 Å². The number of fused-ring (bicyclic) bond motifs is 1. The highest BCUT2D eigenvalue weighted by molar-refractivity contribution is 7.20. The molecular formula is C25H22N4O6S. The number of rotatable bonds is 7. The molecule has 0 aliphatic carbocycles. The van der Waals surface area contributed by atoms with Crippen LogP contribution in [0.5, 0.6) is 0 Å². The molecule has 11 heteroatoms. The Morgan fingerprint density at radius 1 is 1.14 bits per heavy atom. The number of amides is 2. The summed E-state index contributed by atoms with van der Waals surface area (Å²) in [6.07, 6.45) is 1.44. The van der Waals surface area contributed by atoms with Gasteiger partial charge in [0.2, 0.25) is 0 Å². The van der Waals surface area contributed by atoms with Gasteiger partial charge in [-0.3, -0.25) is 0 Å². The molecule has 0 bridgehead atoms. The van der Waals surface area contributed by atoms with E-state index in [4.69, 9.17) is 13.9 Å². The highest BCUT2D eigenvalue weighted by Crippen LogP contribution is 2.32. The van der Waals surface area contributed by atoms with E-state index >= 15 is 0 Å². The molecule has 184 valence electrons. The van der Waals surface area contributed by atoms with Gasteiger partial charge in [0.05, 0.1) is 35.5 Å². The van der Waals surface area contributed by atoms with Crippen LogP contribution in [0.15, 0.2) is 70.5 Å². The zero-order valence-electron chi connectivity index (χ0n) is 19.4. The average molecular weight is 507 g/mol. The third-order valence-electron chi connectivity index (χ3n) is 5.57. The number of thiophene rings is 1. The molecule has 1 aliphatic heterocycles. The second-order valence-electron chi connectivity index (χ2n) is 7.90. The first-order chi connectivity index (χ1) is 17.5. The summed E-state index contributed by atoms with van der Waals surface area (Å²) < 4.78 is 17.9. The van der Waals surface area contributed by atoms with Gasteiger partial charge in [-0.05, 0) is 44.2 Å². The maximum atomic E-state index is 13.0. The summed E-state index contributed by atoms with van der Waals surface area (Å²) in [5.41, 5.74) is 1.89. The van der Waals surface area contributed by atoms with Crippen LogP contribution in [0.1, 0.15) is 34.1 Å². The molecule has 1 atom stereocenters. The van der Waals surface area contributed by atoms with Gasteiger partial charge in [0.15, 0.2) is 0 Å². The van der Waals surface area contributed by atoms with Crippen molar-refractivity contribution in [1.29, 1.82) is 0 Å². The Balaban J connectivity index is 1.43. The van der Waals surface area contributed by atoms with Crippen molar-refractivity contribution >= 4 is 39.5 Å². The lowest BCUT2D eigenvalue weighted by Gasteiger charge is -2.27. The SMILES string of the molecule is CCOC(=O)C1=C(COC(=O)c2cc3c(C)nn(-c4ccccc4)c3s2)NC(=O)N[C@@H]1c1ccco1. The molecule has 4 heterocycles. The quantitative estimate of drug-likeness (QED) is 0.363. The molecule has 0 radical (unpaired) electrons. The van der Waals surface area contributed by atoms with Crippen molar-refractivity contribution in [3.63, 3.8) is 0 Å². The second-order valence-corrected chi connectivity index (χ2v) is 8.93. The van der Waals surface area contributed by atoms with Crippen molar-refractivity contribution in [2.75, 3.05) is 13.2 Å². The molecule has 10 nitrogen and oxygen atoms in total. The number of carbonyl (C=O) groups excluding carboxylic acids is 3. The molecule has 4 aromatic rings. The summed E-state index contributed by atoms with van der Waals surface area (Å²) in [5, 5.41) is 10.6. The molecule has 0 saturated heterocycles. The highest BCUT2D eigenvalue weighted by atomic mass is 32.1. The van der Waals surface area contributed by atoms with Crippen LogP contribution in [0.3, 0.4) is 0 Å². The van der Waals surface area contributed by atoms with Crippen LogP contribution >= 0.6 is 11.3 Å². The second kappa shape index (κ2) is 9.70. The monoisotopic (exact) mass is 506 g/mol. The number of hydrogen-bond donors (Lipinski definition) is 2. The summed E-state index contributed by atoms with van der Waals surface area (Å²) >= 11 is 1.25. The van der Waals surface area contributed by atoms with E-state index in [1.807, 2.05) is 37.3 Å². The van der Waals surface area contributed by atoms with Crippen LogP contribution in [0.25, 0.3) is 15.9 Å². The van der Waals surface area contributed by atoms with Crippen LogP contribution in [-0.2, 0) is 14.3 Å². The van der Waals surface area contributed by atoms with Crippen molar-refractivity contribution in [2.24, 2.45) is 0 Å². The third-order valence-corrected chi connectivity index (χ3v) is 6.66. The number of furan rings is 1. The number of urea groups is 1. The van der Waals surface area contributed by atoms with Gasteiger partial charge in [-0.25, -0.2) is 19.1 Å². The molecule has 2 amide bonds. The number of hydrogen-bond acceptors (Lipinski definition) is 8. The van der Waals surface area contributed by atoms with E-state index in [0.29, 0.717) is 10.6 Å². The van der Waals surface area contributed by atoms with Gasteiger partial charge >= 0.3 is 18.0 Å². The normalized spacial score (nSPS) is 15.5. The molecule has 0 spiro atoms. The number of aryl methyl sites for hydroxylation is 1. The fraction of sp³-hybridized carbons (Fsp3) is 0.200. The van der Waals surface area contributed by atoms with E-state index in [0.717, 1.165) is 21.6 Å². The van der Waals surface area contributed by atoms with Crippen LogP contribution in [-0.4, -0.2) is 41.0 Å². The average Bonchev–Trinajstić information content (AvgIpc) is 3.62. The number of nitrogens with one attached hydrogen (secondary N) is 2. The van der Waals surface area contributed by atoms with Gasteiger partial charge in [-0.2, -0.15) is 5.10 Å². The smallest absolute Gasteiger partial charge is 0.348 e. The Kier molecular flexibility index (Phi) is 6.30. The zero-order chi connectivity index (χ0) is 25.2. The predicted molar refractivity (Wildman–Crippen MR) is 131 cm³/mol. The van der Waals surface area contributed by atoms with Crippen molar-refractivity contribution in [3.05, 3.63) is 82.4 Å². The predicted octanol–water partition coefficient (Wildman–Crippen LogP) is 4.02. The van der Waals surface area contributed by atoms with Crippen LogP contribution < -0.4 is 10.6 Å². The maximum absolute atomic E-state index is 13.0. The summed E-state index contributed by atoms with van der Waals surface area (Å²) in [4.78, 5) is 39.2. The van der Waals surface area contributed by atoms with Crippen LogP contribution in [0, 0.1) is 6.92 Å². The van der Waals surface area contributed by atoms with E-state index in [-0.39, 0.29) is 24.5 Å². The number of nitrogens with zero attached hydrogens (tertiary/aromatic N) is 2. The number of ether oxygens (including phenoxy) is 2. The van der Waals surface area contributed by atoms with Crippen molar-refractivity contribution < 1.29 is 28.3 Å². The summed E-state index contributed by atoms with van der Waals surface area (Å²) in [7, 11) is 0. The Morgan fingerprint density at radius 2 is 1.94 bits per heavy atom. The minimum absolute atomic E-state index is 0.103. The summed E-state index contributed by atoms with van der Waals surface area (Å²) in [5.74, 6) is -0.895. The number of aromatic nitrogens is 2. The first kappa shape index (κ1) is 23.4. The first-order valence-corrected chi connectivity index (χ1v) is 12.0. The van der Waals surface area contributed by atoms with E-state index in [9.17, 15) is 14.4 Å². The minimum Gasteiger partial charge on any atom is -0.467 e. The van der Waals surface area contributed by atoms with E-state index in [1.54, 1.807) is 29.8 Å². The molecule has 1 aromatic carbocycles. The van der Waals surface area contributed by atoms with Crippen molar-refractivity contribution in [3.8, 4) is 5.69 Å². The van der Waals surface area contributed by atoms with Gasteiger partial charge in [-0.1, -0.05) is 18.2 Å². The number of benzene rings is 1. The number of para-hydroxylation sites is 1. The molecule has 2 N–H and O–H groups in total. The Bertz CT molecular complexity index is 1470. The van der Waals surface area contributed by atoms with Gasteiger partial charge < -0.3 is 24.5 Å². The maximum Gasteiger partial charge on any atom is 0.348 e. The molecular weight excluding hydrogens is 484 g/mol. The van der Waals surface area contributed by atoms with E-state index in [1.165, 1.54) is 17.6 Å².